The second kappa shape index (κ2) is 10.2. The van der Waals surface area contributed by atoms with Crippen molar-refractivity contribution in [3.05, 3.63) is 170 Å². The second-order valence-corrected chi connectivity index (χ2v) is 10.4. The largest absolute Gasteiger partial charge is 0.0636 e. The van der Waals surface area contributed by atoms with Crippen molar-refractivity contribution >= 4 is 32.3 Å². The highest BCUT2D eigenvalue weighted by atomic mass is 14.2. The lowest BCUT2D eigenvalue weighted by molar-refractivity contribution is 1.61. The number of fused-ring (bicyclic) bond motifs is 3. The fourth-order valence-electron chi connectivity index (χ4n) is 5.87. The van der Waals surface area contributed by atoms with Gasteiger partial charge in [-0.25, -0.2) is 0 Å². The van der Waals surface area contributed by atoms with E-state index in [9.17, 15) is 6.85 Å². The SMILES string of the molecule is [2H]c1c([2H])c([2H])c2c(-c3cccc(-c4ccc5ccccc5c4)c3)c3c([2H])c(-c4ccccc4)c([2H])c([2H])c3c(-c3ccccc3)c2c1[2H]. The molecule has 0 aromatic heterocycles. The Hall–Kier alpha value is -5.46. The van der Waals surface area contributed by atoms with Gasteiger partial charge in [-0.15, -0.1) is 0 Å². The van der Waals surface area contributed by atoms with E-state index in [-0.39, 0.29) is 53.1 Å². The molecular weight excluding hydrogens is 504 g/mol. The number of hydrogen-bond donors (Lipinski definition) is 0. The summed E-state index contributed by atoms with van der Waals surface area (Å²) in [6.45, 7) is 0. The molecule has 8 aromatic rings. The second-order valence-electron chi connectivity index (χ2n) is 10.4. The Morgan fingerprint density at radius 3 is 1.67 bits per heavy atom. The summed E-state index contributed by atoms with van der Waals surface area (Å²) in [5, 5.41) is 3.42. The first kappa shape index (κ1) is 18.1. The van der Waals surface area contributed by atoms with Crippen LogP contribution in [0.1, 0.15) is 9.60 Å². The van der Waals surface area contributed by atoms with E-state index in [1.54, 1.807) is 0 Å². The highest BCUT2D eigenvalue weighted by molar-refractivity contribution is 6.22. The van der Waals surface area contributed by atoms with Crippen LogP contribution in [0.5, 0.6) is 0 Å². The van der Waals surface area contributed by atoms with Crippen molar-refractivity contribution in [2.45, 2.75) is 0 Å². The lowest BCUT2D eigenvalue weighted by Crippen LogP contribution is -1.92. The Morgan fingerprint density at radius 1 is 0.333 bits per heavy atom. The van der Waals surface area contributed by atoms with Crippen molar-refractivity contribution in [1.29, 1.82) is 0 Å². The van der Waals surface area contributed by atoms with Gasteiger partial charge in [0, 0.05) is 0 Å². The molecule has 8 aromatic carbocycles. The van der Waals surface area contributed by atoms with Crippen LogP contribution in [0.4, 0.5) is 0 Å². The average Bonchev–Trinajstić information content (AvgIpc) is 3.15. The smallest absolute Gasteiger partial charge is 0.0622 e. The minimum atomic E-state index is -0.380. The minimum absolute atomic E-state index is 0.0276. The van der Waals surface area contributed by atoms with Crippen LogP contribution in [-0.2, 0) is 0 Å². The summed E-state index contributed by atoms with van der Waals surface area (Å²) >= 11 is 0. The molecule has 0 radical (unpaired) electrons. The molecule has 0 nitrogen and oxygen atoms in total. The van der Waals surface area contributed by atoms with E-state index in [0.717, 1.165) is 21.9 Å². The molecule has 0 heterocycles. The fraction of sp³-hybridized carbons (Fsp3) is 0. The topological polar surface area (TPSA) is 0 Å². The van der Waals surface area contributed by atoms with Gasteiger partial charge < -0.3 is 0 Å². The van der Waals surface area contributed by atoms with Crippen LogP contribution in [-0.4, -0.2) is 0 Å². The molecule has 0 saturated heterocycles. The molecule has 0 atom stereocenters. The lowest BCUT2D eigenvalue weighted by Gasteiger charge is -2.19. The van der Waals surface area contributed by atoms with E-state index in [1.807, 2.05) is 97.1 Å². The van der Waals surface area contributed by atoms with E-state index in [1.165, 1.54) is 0 Å². The van der Waals surface area contributed by atoms with Crippen LogP contribution < -0.4 is 0 Å². The van der Waals surface area contributed by atoms with Crippen molar-refractivity contribution in [3.63, 3.8) is 0 Å². The molecule has 0 bridgehead atoms. The molecule has 0 spiro atoms. The molecule has 0 aliphatic heterocycles. The fourth-order valence-corrected chi connectivity index (χ4v) is 5.87. The number of hydrogen-bond acceptors (Lipinski definition) is 0. The predicted molar refractivity (Wildman–Crippen MR) is 181 cm³/mol. The van der Waals surface area contributed by atoms with Crippen LogP contribution in [0.15, 0.2) is 170 Å². The van der Waals surface area contributed by atoms with E-state index >= 15 is 0 Å². The highest BCUT2D eigenvalue weighted by Gasteiger charge is 2.18. The van der Waals surface area contributed by atoms with Gasteiger partial charge in [0.2, 0.25) is 0 Å². The third-order valence-corrected chi connectivity index (χ3v) is 7.86. The van der Waals surface area contributed by atoms with Crippen LogP contribution >= 0.6 is 0 Å². The number of rotatable bonds is 4. The van der Waals surface area contributed by atoms with E-state index in [4.69, 9.17) is 2.74 Å². The van der Waals surface area contributed by atoms with Crippen LogP contribution in [0.25, 0.3) is 76.8 Å². The normalized spacial score (nSPS) is 13.7. The summed E-state index contributed by atoms with van der Waals surface area (Å²) in [4.78, 5) is 0. The summed E-state index contributed by atoms with van der Waals surface area (Å²) in [7, 11) is 0. The van der Waals surface area contributed by atoms with E-state index in [0.29, 0.717) is 44.2 Å². The van der Waals surface area contributed by atoms with Gasteiger partial charge in [-0.3, -0.25) is 0 Å². The summed E-state index contributed by atoms with van der Waals surface area (Å²) in [6, 6.07) is 39.2. The molecule has 8 rings (SSSR count). The first-order chi connectivity index (χ1) is 23.8. The zero-order valence-corrected chi connectivity index (χ0v) is 22.6. The summed E-state index contributed by atoms with van der Waals surface area (Å²) < 4.78 is 64.5. The third kappa shape index (κ3) is 4.17. The maximum Gasteiger partial charge on any atom is 0.0636 e. The van der Waals surface area contributed by atoms with Crippen LogP contribution in [0, 0.1) is 0 Å². The van der Waals surface area contributed by atoms with Gasteiger partial charge in [-0.2, -0.15) is 0 Å². The highest BCUT2D eigenvalue weighted by Crippen LogP contribution is 2.45. The Labute approximate surface area is 256 Å². The molecule has 0 aliphatic carbocycles. The Kier molecular flexibility index (Phi) is 4.38. The zero-order valence-electron chi connectivity index (χ0n) is 29.6. The lowest BCUT2D eigenvalue weighted by atomic mass is 9.84. The van der Waals surface area contributed by atoms with Crippen molar-refractivity contribution in [2.75, 3.05) is 0 Å². The maximum absolute atomic E-state index is 9.77. The van der Waals surface area contributed by atoms with Gasteiger partial charge in [0.05, 0.1) is 9.60 Å². The quantitative estimate of drug-likeness (QED) is 0.195. The van der Waals surface area contributed by atoms with Gasteiger partial charge in [-0.1, -0.05) is 152 Å². The molecule has 42 heavy (non-hydrogen) atoms. The van der Waals surface area contributed by atoms with E-state index in [2.05, 4.69) is 30.3 Å². The van der Waals surface area contributed by atoms with Crippen molar-refractivity contribution in [3.8, 4) is 44.5 Å². The molecule has 0 saturated carbocycles. The summed E-state index contributed by atoms with van der Waals surface area (Å²) in [5.41, 5.74) is 4.94. The minimum Gasteiger partial charge on any atom is -0.0622 e. The molecular formula is C42H28. The molecule has 0 unspecified atom stereocenters. The monoisotopic (exact) mass is 539 g/mol. The zero-order chi connectivity index (χ0) is 34.0. The molecule has 0 aliphatic rings. The Balaban J connectivity index is 1.60. The Bertz CT molecular complexity index is 2610. The standard InChI is InChI=1S/C42H28/c1-3-12-29(13-4-1)35-24-25-39-40(28-35)42(38-21-10-9-20-37(38)41(39)31-15-5-2-6-16-31)36-19-11-18-33(27-36)34-23-22-30-14-7-8-17-32(30)26-34/h1-28H/i9D,10D,20D,21D,24D,25D,28D. The van der Waals surface area contributed by atoms with Gasteiger partial charge in [0.1, 0.15) is 0 Å². The molecule has 196 valence electrons. The Morgan fingerprint density at radius 2 is 0.905 bits per heavy atom. The van der Waals surface area contributed by atoms with Gasteiger partial charge >= 0.3 is 0 Å². The van der Waals surface area contributed by atoms with Crippen LogP contribution in [0.3, 0.4) is 0 Å². The van der Waals surface area contributed by atoms with Gasteiger partial charge in [0.15, 0.2) is 0 Å². The predicted octanol–water partition coefficient (Wildman–Crippen LogP) is 11.8. The third-order valence-electron chi connectivity index (χ3n) is 7.86. The first-order valence-corrected chi connectivity index (χ1v) is 14.0. The summed E-state index contributed by atoms with van der Waals surface area (Å²) in [6.07, 6.45) is 0. The average molecular weight is 540 g/mol. The van der Waals surface area contributed by atoms with E-state index < -0.39 is 0 Å². The van der Waals surface area contributed by atoms with Crippen molar-refractivity contribution in [1.82, 2.24) is 0 Å². The summed E-state index contributed by atoms with van der Waals surface area (Å²) in [5.74, 6) is 0. The maximum atomic E-state index is 9.77. The molecule has 0 amide bonds. The number of benzene rings is 8. The van der Waals surface area contributed by atoms with Gasteiger partial charge in [0.25, 0.3) is 0 Å². The van der Waals surface area contributed by atoms with Gasteiger partial charge in [-0.05, 0) is 95.0 Å². The first-order valence-electron chi connectivity index (χ1n) is 17.5. The molecule has 0 fully saturated rings. The van der Waals surface area contributed by atoms with Crippen LogP contribution in [0.2, 0.25) is 0 Å². The molecule has 0 N–H and O–H groups in total. The van der Waals surface area contributed by atoms with Crippen molar-refractivity contribution in [2.24, 2.45) is 0 Å². The molecule has 0 heteroatoms. The van der Waals surface area contributed by atoms with Crippen molar-refractivity contribution < 1.29 is 9.60 Å².